The Kier molecular flexibility index (Phi) is 10.8. The minimum absolute atomic E-state index is 0.0979. The monoisotopic (exact) mass is 759 g/mol. The molecular formula is C40H43Cl2N5O6. The number of methoxy groups -OCH3 is 2. The molecule has 4 heterocycles. The fourth-order valence-corrected chi connectivity index (χ4v) is 8.34. The van der Waals surface area contributed by atoms with Crippen LogP contribution >= 0.6 is 23.2 Å². The Morgan fingerprint density at radius 3 is 2.49 bits per heavy atom. The van der Waals surface area contributed by atoms with E-state index < -0.39 is 11.5 Å². The number of likely N-dealkylation sites (tertiary alicyclic amines) is 1. The van der Waals surface area contributed by atoms with Crippen molar-refractivity contribution in [2.24, 2.45) is 0 Å². The Labute approximate surface area is 319 Å². The zero-order valence-corrected chi connectivity index (χ0v) is 31.5. The number of halogens is 2. The predicted octanol–water partition coefficient (Wildman–Crippen LogP) is 7.01. The lowest BCUT2D eigenvalue weighted by molar-refractivity contribution is -0.149. The van der Waals surface area contributed by atoms with Crippen LogP contribution in [0.25, 0.3) is 22.4 Å². The SMILES string of the molecule is COc1nc(-c2cccc(-c3cccc4c3CC[C@@H]4Oc3nc(OC)c(CN4CCC[C@@]4(C)C(=O)O)cc3Cl)c2Cl)ccc1CNC[C@@H]1CCC(=O)N1. The molecule has 2 aromatic carbocycles. The molecule has 3 N–H and O–H groups in total. The van der Waals surface area contributed by atoms with Crippen LogP contribution in [0.1, 0.15) is 67.4 Å². The van der Waals surface area contributed by atoms with E-state index in [4.69, 9.17) is 42.4 Å². The molecule has 2 aliphatic heterocycles. The maximum Gasteiger partial charge on any atom is 0.323 e. The lowest BCUT2D eigenvalue weighted by Crippen LogP contribution is -2.47. The molecule has 0 spiro atoms. The van der Waals surface area contributed by atoms with Crippen LogP contribution < -0.4 is 24.8 Å². The molecule has 13 heteroatoms. The summed E-state index contributed by atoms with van der Waals surface area (Å²) in [5, 5.41) is 17.2. The van der Waals surface area contributed by atoms with Crippen LogP contribution in [-0.2, 0) is 29.1 Å². The highest BCUT2D eigenvalue weighted by Gasteiger charge is 2.43. The van der Waals surface area contributed by atoms with E-state index in [1.165, 1.54) is 7.11 Å². The molecule has 2 aromatic heterocycles. The summed E-state index contributed by atoms with van der Waals surface area (Å²) < 4.78 is 17.8. The normalized spacial score (nSPS) is 21.0. The molecule has 11 nitrogen and oxygen atoms in total. The summed E-state index contributed by atoms with van der Waals surface area (Å²) in [7, 11) is 3.14. The number of benzene rings is 2. The van der Waals surface area contributed by atoms with E-state index in [9.17, 15) is 14.7 Å². The van der Waals surface area contributed by atoms with Gasteiger partial charge in [0.05, 0.1) is 24.9 Å². The van der Waals surface area contributed by atoms with Gasteiger partial charge >= 0.3 is 5.97 Å². The van der Waals surface area contributed by atoms with E-state index in [1.807, 2.05) is 41.3 Å². The fourth-order valence-electron chi connectivity index (χ4n) is 7.79. The molecule has 1 amide bonds. The first-order valence-electron chi connectivity index (χ1n) is 17.9. The molecule has 4 aromatic rings. The van der Waals surface area contributed by atoms with Gasteiger partial charge in [0.15, 0.2) is 0 Å². The summed E-state index contributed by atoms with van der Waals surface area (Å²) in [5.41, 5.74) is 6.24. The van der Waals surface area contributed by atoms with Crippen molar-refractivity contribution < 1.29 is 28.9 Å². The van der Waals surface area contributed by atoms with Gasteiger partial charge in [0.2, 0.25) is 23.5 Å². The molecule has 2 fully saturated rings. The van der Waals surface area contributed by atoms with Crippen molar-refractivity contribution in [2.75, 3.05) is 27.3 Å². The van der Waals surface area contributed by atoms with Gasteiger partial charge < -0.3 is 30.0 Å². The van der Waals surface area contributed by atoms with E-state index in [-0.39, 0.29) is 23.9 Å². The topological polar surface area (TPSA) is 135 Å². The third-order valence-corrected chi connectivity index (χ3v) is 11.4. The number of carboxylic acid groups (broad SMARTS) is 1. The second-order valence-electron chi connectivity index (χ2n) is 14.0. The van der Waals surface area contributed by atoms with Crippen molar-refractivity contribution in [3.8, 4) is 40.0 Å². The van der Waals surface area contributed by atoms with Crippen LogP contribution in [0, 0.1) is 0 Å². The lowest BCUT2D eigenvalue weighted by atomic mass is 9.94. The van der Waals surface area contributed by atoms with Crippen LogP contribution in [0.5, 0.6) is 17.6 Å². The van der Waals surface area contributed by atoms with Gasteiger partial charge in [0.1, 0.15) is 16.7 Å². The first-order chi connectivity index (χ1) is 25.6. The number of pyridine rings is 2. The Morgan fingerprint density at radius 1 is 0.981 bits per heavy atom. The quantitative estimate of drug-likeness (QED) is 0.131. The first kappa shape index (κ1) is 36.9. The summed E-state index contributed by atoms with van der Waals surface area (Å²) in [6.07, 6.45) is 3.97. The molecule has 278 valence electrons. The van der Waals surface area contributed by atoms with E-state index in [2.05, 4.69) is 27.8 Å². The number of aliphatic carboxylic acids is 1. The van der Waals surface area contributed by atoms with Crippen molar-refractivity contribution >= 4 is 35.1 Å². The summed E-state index contributed by atoms with van der Waals surface area (Å²) in [6, 6.07) is 18.0. The summed E-state index contributed by atoms with van der Waals surface area (Å²) in [5.74, 6) is 0.388. The zero-order chi connectivity index (χ0) is 37.3. The highest BCUT2D eigenvalue weighted by molar-refractivity contribution is 6.36. The number of hydrogen-bond donors (Lipinski definition) is 3. The Hall–Kier alpha value is -4.42. The summed E-state index contributed by atoms with van der Waals surface area (Å²) >= 11 is 13.9. The number of carboxylic acids is 1. The average molecular weight is 761 g/mol. The molecule has 7 rings (SSSR count). The van der Waals surface area contributed by atoms with Crippen molar-refractivity contribution in [3.63, 3.8) is 0 Å². The highest BCUT2D eigenvalue weighted by atomic mass is 35.5. The number of carbonyl (C=O) groups excluding carboxylic acids is 1. The number of nitrogens with one attached hydrogen (secondary N) is 2. The second kappa shape index (κ2) is 15.5. The van der Waals surface area contributed by atoms with Gasteiger partial charge in [-0.25, -0.2) is 4.98 Å². The predicted molar refractivity (Wildman–Crippen MR) is 203 cm³/mol. The Balaban J connectivity index is 1.10. The number of carbonyl (C=O) groups is 2. The standard InChI is InChI=1S/C40H43Cl2N5O6/c1-40(39(49)50)17-6-18-47(40)22-24-19-31(41)38(46-37(24)52-3)53-33-15-13-27-26(7-4-8-28(27)33)29-9-5-10-30(35(29)42)32-14-11-23(36(45-32)51-2)20-43-21-25-12-16-34(48)44-25/h4-5,7-11,14,19,25,33,43H,6,12-13,15-18,20-22H2,1-3H3,(H,44,48)(H,49,50)/t25-,33-,40-/m0/s1. The fraction of sp³-hybridized carbons (Fsp3) is 0.400. The van der Waals surface area contributed by atoms with Crippen LogP contribution in [0.4, 0.5) is 0 Å². The van der Waals surface area contributed by atoms with E-state index in [0.29, 0.717) is 72.1 Å². The number of aromatic nitrogens is 2. The molecule has 0 saturated carbocycles. The number of rotatable bonds is 13. The number of nitrogens with zero attached hydrogens (tertiary/aromatic N) is 3. The third kappa shape index (κ3) is 7.40. The molecule has 0 unspecified atom stereocenters. The molecule has 1 aliphatic carbocycles. The van der Waals surface area contributed by atoms with Gasteiger partial charge in [-0.15, -0.1) is 0 Å². The van der Waals surface area contributed by atoms with E-state index >= 15 is 0 Å². The Bertz CT molecular complexity index is 2050. The van der Waals surface area contributed by atoms with Crippen LogP contribution in [0.15, 0.2) is 54.6 Å². The smallest absolute Gasteiger partial charge is 0.323 e. The van der Waals surface area contributed by atoms with Gasteiger partial charge in [-0.2, -0.15) is 4.98 Å². The molecule has 0 bridgehead atoms. The van der Waals surface area contributed by atoms with E-state index in [0.717, 1.165) is 59.1 Å². The number of ether oxygens (including phenoxy) is 3. The third-order valence-electron chi connectivity index (χ3n) is 10.7. The summed E-state index contributed by atoms with van der Waals surface area (Å²) in [4.78, 5) is 35.0. The number of amides is 1. The zero-order valence-electron chi connectivity index (χ0n) is 30.0. The molecular weight excluding hydrogens is 717 g/mol. The first-order valence-corrected chi connectivity index (χ1v) is 18.7. The largest absolute Gasteiger partial charge is 0.481 e. The molecule has 3 atom stereocenters. The molecule has 53 heavy (non-hydrogen) atoms. The Morgan fingerprint density at radius 2 is 1.74 bits per heavy atom. The van der Waals surface area contributed by atoms with Gasteiger partial charge in [-0.05, 0) is 74.4 Å². The van der Waals surface area contributed by atoms with Gasteiger partial charge in [-0.3, -0.25) is 14.5 Å². The van der Waals surface area contributed by atoms with Crippen LogP contribution in [0.2, 0.25) is 10.0 Å². The van der Waals surface area contributed by atoms with Gasteiger partial charge in [0.25, 0.3) is 0 Å². The van der Waals surface area contributed by atoms with Crippen LogP contribution in [0.3, 0.4) is 0 Å². The van der Waals surface area contributed by atoms with Crippen molar-refractivity contribution in [3.05, 3.63) is 86.9 Å². The minimum atomic E-state index is -0.955. The maximum atomic E-state index is 12.1. The number of fused-ring (bicyclic) bond motifs is 1. The molecule has 0 radical (unpaired) electrons. The van der Waals surface area contributed by atoms with Crippen molar-refractivity contribution in [1.29, 1.82) is 0 Å². The number of hydrogen-bond acceptors (Lipinski definition) is 9. The molecule has 3 aliphatic rings. The molecule has 2 saturated heterocycles. The highest BCUT2D eigenvalue weighted by Crippen LogP contribution is 2.45. The van der Waals surface area contributed by atoms with Gasteiger partial charge in [-0.1, -0.05) is 65.7 Å². The van der Waals surface area contributed by atoms with Crippen LogP contribution in [-0.4, -0.2) is 70.7 Å². The van der Waals surface area contributed by atoms with E-state index in [1.54, 1.807) is 20.1 Å². The van der Waals surface area contributed by atoms with Crippen molar-refractivity contribution in [2.45, 2.75) is 76.2 Å². The summed E-state index contributed by atoms with van der Waals surface area (Å²) in [6.45, 7) is 3.99. The average Bonchev–Trinajstić information content (AvgIpc) is 3.88. The maximum absolute atomic E-state index is 12.1. The lowest BCUT2D eigenvalue weighted by Gasteiger charge is -2.31. The minimum Gasteiger partial charge on any atom is -0.481 e. The second-order valence-corrected chi connectivity index (χ2v) is 14.8. The van der Waals surface area contributed by atoms with Gasteiger partial charge in [0, 0.05) is 54.4 Å². The van der Waals surface area contributed by atoms with Crippen molar-refractivity contribution in [1.82, 2.24) is 25.5 Å².